The second kappa shape index (κ2) is 11.2. The van der Waals surface area contributed by atoms with E-state index in [1.54, 1.807) is 57.3 Å². The number of halogens is 6. The highest BCUT2D eigenvalue weighted by Gasteiger charge is 2.20. The van der Waals surface area contributed by atoms with Crippen LogP contribution in [0.15, 0.2) is 23.1 Å². The summed E-state index contributed by atoms with van der Waals surface area (Å²) in [5.41, 5.74) is 0.482. The fourth-order valence-corrected chi connectivity index (χ4v) is 10.3. The molecule has 13 heteroatoms. The van der Waals surface area contributed by atoms with E-state index in [1.165, 1.54) is 0 Å². The Morgan fingerprint density at radius 1 is 0.893 bits per heavy atom. The minimum Gasteiger partial charge on any atom is -0.744 e. The molecule has 6 nitrogen and oxygen atoms in total. The molecule has 0 saturated heterocycles. The van der Waals surface area contributed by atoms with Crippen molar-refractivity contribution in [2.24, 2.45) is 0 Å². The molecule has 0 fully saturated rings. The van der Waals surface area contributed by atoms with Gasteiger partial charge in [0.25, 0.3) is 0 Å². The average Bonchev–Trinajstić information content (AvgIpc) is 2.55. The lowest BCUT2D eigenvalue weighted by atomic mass is 10.2. The second-order valence-electron chi connectivity index (χ2n) is 5.00. The topological polar surface area (TPSA) is 92.7 Å². The van der Waals surface area contributed by atoms with E-state index in [9.17, 15) is 17.8 Å². The molecule has 0 saturated carbocycles. The van der Waals surface area contributed by atoms with E-state index < -0.39 is 16.1 Å². The molecule has 2 rings (SSSR count). The summed E-state index contributed by atoms with van der Waals surface area (Å²) in [6.07, 6.45) is 0. The van der Waals surface area contributed by atoms with Crippen molar-refractivity contribution in [3.8, 4) is 5.75 Å². The zero-order valence-corrected chi connectivity index (χ0v) is 27.0. The van der Waals surface area contributed by atoms with Gasteiger partial charge in [0.15, 0.2) is 0 Å². The van der Waals surface area contributed by atoms with Crippen molar-refractivity contribution in [3.05, 3.63) is 45.2 Å². The van der Waals surface area contributed by atoms with Gasteiger partial charge in [-0.05, 0) is 154 Å². The van der Waals surface area contributed by atoms with Gasteiger partial charge in [-0.25, -0.2) is 13.2 Å². The minimum absolute atomic E-state index is 0.0193. The van der Waals surface area contributed by atoms with E-state index in [0.717, 1.165) is 10.7 Å². The van der Waals surface area contributed by atoms with E-state index in [2.05, 4.69) is 67.8 Å². The lowest BCUT2D eigenvalue weighted by molar-refractivity contribution is 0.0448. The van der Waals surface area contributed by atoms with E-state index >= 15 is 0 Å². The number of carbonyl (C=O) groups excluding carboxylic acids is 1. The maximum absolute atomic E-state index is 12.3. The molecule has 0 atom stereocenters. The fourth-order valence-electron chi connectivity index (χ4n) is 1.98. The molecule has 0 aromatic heterocycles. The SMILES string of the molecule is O=C(OCCOc1c(I)cc(I)c(S(=O)(=O)[O-])c1I)c1cc(I)cc(I)c1I. The van der Waals surface area contributed by atoms with Crippen LogP contribution in [0.1, 0.15) is 10.4 Å². The third-order valence-corrected chi connectivity index (χ3v) is 11.1. The van der Waals surface area contributed by atoms with Gasteiger partial charge in [0, 0.05) is 14.3 Å². The lowest BCUT2D eigenvalue weighted by Gasteiger charge is -2.17. The molecule has 0 aliphatic carbocycles. The van der Waals surface area contributed by atoms with Crippen LogP contribution in [0.5, 0.6) is 5.75 Å². The van der Waals surface area contributed by atoms with Crippen molar-refractivity contribution >= 4 is 152 Å². The summed E-state index contributed by atoms with van der Waals surface area (Å²) < 4.78 is 49.3. The quantitative estimate of drug-likeness (QED) is 0.126. The molecule has 0 aliphatic heterocycles. The molecule has 152 valence electrons. The van der Waals surface area contributed by atoms with Crippen molar-refractivity contribution in [1.82, 2.24) is 0 Å². The molecule has 28 heavy (non-hydrogen) atoms. The number of carbonyl (C=O) groups is 1. The van der Waals surface area contributed by atoms with E-state index in [4.69, 9.17) is 9.47 Å². The molecule has 0 bridgehead atoms. The molecule has 0 aliphatic rings. The van der Waals surface area contributed by atoms with Crippen molar-refractivity contribution in [3.63, 3.8) is 0 Å². The number of rotatable bonds is 6. The van der Waals surface area contributed by atoms with E-state index in [0.29, 0.717) is 12.7 Å². The highest BCUT2D eigenvalue weighted by atomic mass is 127. The molecule has 0 unspecified atom stereocenters. The van der Waals surface area contributed by atoms with Crippen LogP contribution in [-0.2, 0) is 14.9 Å². The Morgan fingerprint density at radius 3 is 2.14 bits per heavy atom. The van der Waals surface area contributed by atoms with Crippen LogP contribution >= 0.6 is 136 Å². The maximum Gasteiger partial charge on any atom is 0.339 e. The highest BCUT2D eigenvalue weighted by Crippen LogP contribution is 2.36. The molecule has 0 heterocycles. The standard InChI is InChI=1S/C15H8I6O6S/c16-6-3-7(11(20)8(17)4-6)15(22)27-2-1-26-13-9(18)5-10(19)14(12(13)21)28(23,24)25/h3-5H,1-2H2,(H,23,24,25)/p-1. The van der Waals surface area contributed by atoms with Gasteiger partial charge in [-0.2, -0.15) is 0 Å². The summed E-state index contributed by atoms with van der Waals surface area (Å²) in [6, 6.07) is 5.28. The molecule has 0 N–H and O–H groups in total. The highest BCUT2D eigenvalue weighted by molar-refractivity contribution is 14.1. The summed E-state index contributed by atoms with van der Waals surface area (Å²) in [6.45, 7) is 0.00283. The monoisotopic (exact) mass is 1080 g/mol. The smallest absolute Gasteiger partial charge is 0.339 e. The van der Waals surface area contributed by atoms with Gasteiger partial charge in [-0.15, -0.1) is 0 Å². The van der Waals surface area contributed by atoms with Crippen molar-refractivity contribution in [2.45, 2.75) is 4.90 Å². The van der Waals surface area contributed by atoms with Gasteiger partial charge < -0.3 is 14.0 Å². The molecule has 2 aromatic carbocycles. The van der Waals surface area contributed by atoms with Gasteiger partial charge in [0.2, 0.25) is 0 Å². The van der Waals surface area contributed by atoms with Crippen molar-refractivity contribution in [2.75, 3.05) is 13.2 Å². The second-order valence-corrected chi connectivity index (χ2v) is 13.2. The Balaban J connectivity index is 2.10. The summed E-state index contributed by atoms with van der Waals surface area (Å²) in [7, 11) is -4.63. The zero-order valence-electron chi connectivity index (χ0n) is 13.3. The van der Waals surface area contributed by atoms with Crippen LogP contribution < -0.4 is 4.74 Å². The normalized spacial score (nSPS) is 11.4. The molecular formula is C15H7I6O6S-. The Kier molecular flexibility index (Phi) is 10.5. The Labute approximate surface area is 243 Å². The van der Waals surface area contributed by atoms with Crippen LogP contribution in [0.2, 0.25) is 0 Å². The Morgan fingerprint density at radius 2 is 1.54 bits per heavy atom. The van der Waals surface area contributed by atoms with Gasteiger partial charge in [0.1, 0.15) is 29.1 Å². The van der Waals surface area contributed by atoms with Crippen LogP contribution in [0.3, 0.4) is 0 Å². The van der Waals surface area contributed by atoms with Gasteiger partial charge in [0.05, 0.1) is 17.6 Å². The number of ether oxygens (including phenoxy) is 2. The van der Waals surface area contributed by atoms with E-state index in [-0.39, 0.29) is 27.4 Å². The zero-order chi connectivity index (χ0) is 21.2. The molecule has 0 radical (unpaired) electrons. The maximum atomic E-state index is 12.3. The third kappa shape index (κ3) is 6.75. The van der Waals surface area contributed by atoms with Gasteiger partial charge >= 0.3 is 5.97 Å². The Hall–Kier alpha value is 2.00. The summed E-state index contributed by atoms with van der Waals surface area (Å²) >= 11 is 12.0. The van der Waals surface area contributed by atoms with Crippen LogP contribution in [-0.4, -0.2) is 32.2 Å². The first-order valence-corrected chi connectivity index (χ1v) is 14.9. The van der Waals surface area contributed by atoms with Crippen molar-refractivity contribution < 1.29 is 27.2 Å². The van der Waals surface area contributed by atoms with Gasteiger partial charge in [-0.3, -0.25) is 0 Å². The molecular weight excluding hydrogens is 1070 g/mol. The summed E-state index contributed by atoms with van der Waals surface area (Å²) in [4.78, 5) is 12.0. The summed E-state index contributed by atoms with van der Waals surface area (Å²) in [5.74, 6) is -0.176. The largest absolute Gasteiger partial charge is 0.744 e. The first kappa shape index (κ1) is 26.3. The summed E-state index contributed by atoms with van der Waals surface area (Å²) in [5, 5.41) is 0. The predicted molar refractivity (Wildman–Crippen MR) is 153 cm³/mol. The van der Waals surface area contributed by atoms with Crippen LogP contribution in [0.4, 0.5) is 0 Å². The minimum atomic E-state index is -4.63. The number of esters is 1. The van der Waals surface area contributed by atoms with Gasteiger partial charge in [-0.1, -0.05) is 0 Å². The molecule has 0 amide bonds. The number of hydrogen-bond donors (Lipinski definition) is 0. The Bertz CT molecular complexity index is 1040. The molecule has 2 aromatic rings. The van der Waals surface area contributed by atoms with E-state index in [1.807, 2.05) is 28.7 Å². The number of benzene rings is 2. The van der Waals surface area contributed by atoms with Crippen molar-refractivity contribution in [1.29, 1.82) is 0 Å². The van der Waals surface area contributed by atoms with Crippen LogP contribution in [0.25, 0.3) is 0 Å². The third-order valence-electron chi connectivity index (χ3n) is 3.11. The lowest BCUT2D eigenvalue weighted by Crippen LogP contribution is -2.15. The fraction of sp³-hybridized carbons (Fsp3) is 0.133. The average molecular weight is 1080 g/mol. The first-order valence-electron chi connectivity index (χ1n) is 7.01. The first-order chi connectivity index (χ1) is 12.9. The molecule has 0 spiro atoms. The predicted octanol–water partition coefficient (Wildman–Crippen LogP) is 5.45. The van der Waals surface area contributed by atoms with Crippen LogP contribution in [0, 0.1) is 21.4 Å². The number of hydrogen-bond acceptors (Lipinski definition) is 6.